The van der Waals surface area contributed by atoms with Gasteiger partial charge in [-0.1, -0.05) is 5.21 Å². The summed E-state index contributed by atoms with van der Waals surface area (Å²) in [5.41, 5.74) is -0.114. The number of nitrogens with one attached hydrogen (secondary N) is 1. The molecule has 0 bridgehead atoms. The zero-order valence-electron chi connectivity index (χ0n) is 11.0. The van der Waals surface area contributed by atoms with Gasteiger partial charge in [0, 0.05) is 20.1 Å². The minimum atomic E-state index is -1.13. The molecule has 0 aromatic carbocycles. The maximum atomic E-state index is 11.9. The highest BCUT2D eigenvalue weighted by molar-refractivity contribution is 5.88. The van der Waals surface area contributed by atoms with Gasteiger partial charge in [0.2, 0.25) is 5.95 Å². The SMILES string of the molecule is Cn1ncnc1NC(=O)N1CC(n2cc(C(=O)O)nn2)C1. The van der Waals surface area contributed by atoms with Gasteiger partial charge in [-0.15, -0.1) is 5.10 Å². The van der Waals surface area contributed by atoms with Crippen molar-refractivity contribution in [3.8, 4) is 0 Å². The fourth-order valence-electron chi connectivity index (χ4n) is 1.93. The summed E-state index contributed by atoms with van der Waals surface area (Å²) in [7, 11) is 1.67. The molecule has 3 heterocycles. The number of anilines is 1. The van der Waals surface area contributed by atoms with Crippen molar-refractivity contribution < 1.29 is 14.7 Å². The number of carboxylic acids is 1. The lowest BCUT2D eigenvalue weighted by molar-refractivity contribution is 0.0690. The van der Waals surface area contributed by atoms with Crippen molar-refractivity contribution in [3.63, 3.8) is 0 Å². The molecule has 0 spiro atoms. The van der Waals surface area contributed by atoms with Gasteiger partial charge in [0.25, 0.3) is 0 Å². The fourth-order valence-corrected chi connectivity index (χ4v) is 1.93. The van der Waals surface area contributed by atoms with Crippen LogP contribution in [-0.4, -0.2) is 64.9 Å². The first-order valence-corrected chi connectivity index (χ1v) is 6.09. The van der Waals surface area contributed by atoms with Gasteiger partial charge in [-0.3, -0.25) is 5.32 Å². The summed E-state index contributed by atoms with van der Waals surface area (Å²) in [5, 5.41) is 22.5. The van der Waals surface area contributed by atoms with E-state index in [0.29, 0.717) is 19.0 Å². The monoisotopic (exact) mass is 292 g/mol. The number of carboxylic acid groups (broad SMARTS) is 1. The Kier molecular flexibility index (Phi) is 3.01. The van der Waals surface area contributed by atoms with Gasteiger partial charge in [-0.05, 0) is 0 Å². The molecule has 2 aromatic rings. The van der Waals surface area contributed by atoms with E-state index in [1.54, 1.807) is 11.9 Å². The van der Waals surface area contributed by atoms with Crippen molar-refractivity contribution in [3.05, 3.63) is 18.2 Å². The molecule has 2 amide bonds. The number of nitrogens with zero attached hydrogens (tertiary/aromatic N) is 7. The molecule has 1 aliphatic rings. The molecule has 0 radical (unpaired) electrons. The van der Waals surface area contributed by atoms with Crippen LogP contribution >= 0.6 is 0 Å². The Hall–Kier alpha value is -2.98. The zero-order chi connectivity index (χ0) is 15.0. The molecule has 0 unspecified atom stereocenters. The number of rotatable bonds is 3. The summed E-state index contributed by atoms with van der Waals surface area (Å²) in [6.45, 7) is 0.845. The van der Waals surface area contributed by atoms with E-state index in [-0.39, 0.29) is 17.8 Å². The summed E-state index contributed by atoms with van der Waals surface area (Å²) in [6.07, 6.45) is 2.70. The van der Waals surface area contributed by atoms with Crippen molar-refractivity contribution >= 4 is 17.9 Å². The lowest BCUT2D eigenvalue weighted by Gasteiger charge is -2.38. The second-order valence-electron chi connectivity index (χ2n) is 4.59. The summed E-state index contributed by atoms with van der Waals surface area (Å²) in [5.74, 6) is -0.769. The quantitative estimate of drug-likeness (QED) is 0.756. The summed E-state index contributed by atoms with van der Waals surface area (Å²) in [6, 6.07) is -0.364. The Labute approximate surface area is 118 Å². The predicted molar refractivity (Wildman–Crippen MR) is 67.6 cm³/mol. The van der Waals surface area contributed by atoms with Crippen LogP contribution < -0.4 is 5.32 Å². The van der Waals surface area contributed by atoms with E-state index >= 15 is 0 Å². The number of aryl methyl sites for hydroxylation is 1. The Morgan fingerprint density at radius 2 is 2.19 bits per heavy atom. The number of hydrogen-bond acceptors (Lipinski definition) is 6. The first-order chi connectivity index (χ1) is 10.0. The number of carbonyl (C=O) groups is 2. The highest BCUT2D eigenvalue weighted by Crippen LogP contribution is 2.21. The molecule has 11 nitrogen and oxygen atoms in total. The van der Waals surface area contributed by atoms with Crippen LogP contribution in [0.1, 0.15) is 16.5 Å². The predicted octanol–water partition coefficient (Wildman–Crippen LogP) is -0.806. The van der Waals surface area contributed by atoms with E-state index in [1.807, 2.05) is 0 Å². The third-order valence-corrected chi connectivity index (χ3v) is 3.18. The van der Waals surface area contributed by atoms with Gasteiger partial charge >= 0.3 is 12.0 Å². The maximum Gasteiger partial charge on any atom is 0.358 e. The van der Waals surface area contributed by atoms with Crippen molar-refractivity contribution in [1.29, 1.82) is 0 Å². The van der Waals surface area contributed by atoms with E-state index < -0.39 is 5.97 Å². The van der Waals surface area contributed by atoms with Crippen molar-refractivity contribution in [2.24, 2.45) is 7.05 Å². The van der Waals surface area contributed by atoms with E-state index in [1.165, 1.54) is 21.9 Å². The summed E-state index contributed by atoms with van der Waals surface area (Å²) < 4.78 is 2.90. The molecule has 0 saturated carbocycles. The smallest absolute Gasteiger partial charge is 0.358 e. The summed E-state index contributed by atoms with van der Waals surface area (Å²) in [4.78, 5) is 28.1. The van der Waals surface area contributed by atoms with Crippen LogP contribution in [0.3, 0.4) is 0 Å². The standard InChI is InChI=1S/C10H12N8O3/c1-16-9(11-5-12-16)13-10(21)17-2-6(3-17)18-4-7(8(19)20)14-15-18/h4-6H,2-3H2,1H3,(H,19,20)(H,11,12,13,21). The number of aromatic nitrogens is 6. The number of hydrogen-bond donors (Lipinski definition) is 2. The molecule has 1 aliphatic heterocycles. The van der Waals surface area contributed by atoms with Gasteiger partial charge in [-0.25, -0.2) is 19.0 Å². The minimum absolute atomic E-state index is 0.0733. The van der Waals surface area contributed by atoms with Gasteiger partial charge in [0.05, 0.1) is 12.2 Å². The second kappa shape index (κ2) is 4.85. The molecule has 3 rings (SSSR count). The van der Waals surface area contributed by atoms with Crippen LogP contribution in [0.2, 0.25) is 0 Å². The van der Waals surface area contributed by atoms with E-state index in [0.717, 1.165) is 0 Å². The van der Waals surface area contributed by atoms with Gasteiger partial charge in [0.15, 0.2) is 5.69 Å². The van der Waals surface area contributed by atoms with Crippen molar-refractivity contribution in [2.45, 2.75) is 6.04 Å². The molecular formula is C10H12N8O3. The van der Waals surface area contributed by atoms with Crippen LogP contribution in [0.4, 0.5) is 10.7 Å². The van der Waals surface area contributed by atoms with Crippen LogP contribution in [0.15, 0.2) is 12.5 Å². The van der Waals surface area contributed by atoms with Gasteiger partial charge in [0.1, 0.15) is 6.33 Å². The molecule has 21 heavy (non-hydrogen) atoms. The summed E-state index contributed by atoms with van der Waals surface area (Å²) >= 11 is 0. The highest BCUT2D eigenvalue weighted by Gasteiger charge is 2.33. The normalized spacial score (nSPS) is 14.8. The first kappa shape index (κ1) is 13.0. The van der Waals surface area contributed by atoms with E-state index in [4.69, 9.17) is 5.11 Å². The molecular weight excluding hydrogens is 280 g/mol. The Balaban J connectivity index is 1.56. The topological polar surface area (TPSA) is 131 Å². The van der Waals surface area contributed by atoms with Crippen LogP contribution in [0.25, 0.3) is 0 Å². The largest absolute Gasteiger partial charge is 0.476 e. The number of aromatic carboxylic acids is 1. The average molecular weight is 292 g/mol. The van der Waals surface area contributed by atoms with Crippen LogP contribution in [0, 0.1) is 0 Å². The maximum absolute atomic E-state index is 11.9. The number of amides is 2. The number of likely N-dealkylation sites (tertiary alicyclic amines) is 1. The molecule has 2 aromatic heterocycles. The average Bonchev–Trinajstić information content (AvgIpc) is 2.98. The first-order valence-electron chi connectivity index (χ1n) is 6.09. The van der Waals surface area contributed by atoms with Crippen LogP contribution in [0.5, 0.6) is 0 Å². The fraction of sp³-hybridized carbons (Fsp3) is 0.400. The molecule has 11 heteroatoms. The van der Waals surface area contributed by atoms with Crippen molar-refractivity contribution in [1.82, 2.24) is 34.7 Å². The van der Waals surface area contributed by atoms with Gasteiger partial charge < -0.3 is 10.0 Å². The van der Waals surface area contributed by atoms with Crippen LogP contribution in [-0.2, 0) is 7.05 Å². The van der Waals surface area contributed by atoms with E-state index in [2.05, 4.69) is 25.7 Å². The molecule has 0 aliphatic carbocycles. The lowest BCUT2D eigenvalue weighted by atomic mass is 10.1. The number of urea groups is 1. The minimum Gasteiger partial charge on any atom is -0.476 e. The third kappa shape index (κ3) is 2.40. The molecule has 1 saturated heterocycles. The second-order valence-corrected chi connectivity index (χ2v) is 4.59. The van der Waals surface area contributed by atoms with Gasteiger partial charge in [-0.2, -0.15) is 10.1 Å². The van der Waals surface area contributed by atoms with Crippen molar-refractivity contribution in [2.75, 3.05) is 18.4 Å². The lowest BCUT2D eigenvalue weighted by Crippen LogP contribution is -2.52. The van der Waals surface area contributed by atoms with E-state index in [9.17, 15) is 9.59 Å². The molecule has 110 valence electrons. The third-order valence-electron chi connectivity index (χ3n) is 3.18. The zero-order valence-corrected chi connectivity index (χ0v) is 11.0. The molecule has 1 fully saturated rings. The number of carbonyl (C=O) groups excluding carboxylic acids is 1. The highest BCUT2D eigenvalue weighted by atomic mass is 16.4. The Morgan fingerprint density at radius 3 is 2.76 bits per heavy atom. The molecule has 2 N–H and O–H groups in total. The Morgan fingerprint density at radius 1 is 1.43 bits per heavy atom. The molecule has 0 atom stereocenters. The Bertz CT molecular complexity index is 686.